The third-order valence-electron chi connectivity index (χ3n) is 3.51. The summed E-state index contributed by atoms with van der Waals surface area (Å²) in [4.78, 5) is 3.22. The second-order valence-electron chi connectivity index (χ2n) is 4.80. The molecule has 0 amide bonds. The average Bonchev–Trinajstić information content (AvgIpc) is 2.74. The van der Waals surface area contributed by atoms with Gasteiger partial charge in [0.15, 0.2) is 0 Å². The van der Waals surface area contributed by atoms with E-state index in [9.17, 15) is 9.50 Å². The Bertz CT molecular complexity index is 819. The zero-order valence-electron chi connectivity index (χ0n) is 11.2. The Morgan fingerprint density at radius 3 is 2.57 bits per heavy atom. The summed E-state index contributed by atoms with van der Waals surface area (Å²) in [6, 6.07) is 8.73. The van der Waals surface area contributed by atoms with Gasteiger partial charge in [0.25, 0.3) is 0 Å². The molecule has 1 heterocycles. The van der Waals surface area contributed by atoms with Gasteiger partial charge >= 0.3 is 0 Å². The number of aryl methyl sites for hydroxylation is 1. The molecular weight excluding hydrogens is 401 g/mol. The van der Waals surface area contributed by atoms with Crippen molar-refractivity contribution in [3.63, 3.8) is 0 Å². The lowest BCUT2D eigenvalue weighted by Gasteiger charge is -2.08. The van der Waals surface area contributed by atoms with Gasteiger partial charge in [0.2, 0.25) is 0 Å². The lowest BCUT2D eigenvalue weighted by molar-refractivity contribution is 0.471. The molecule has 108 valence electrons. The van der Waals surface area contributed by atoms with E-state index in [4.69, 9.17) is 0 Å². The van der Waals surface area contributed by atoms with Gasteiger partial charge in [0.1, 0.15) is 11.6 Å². The monoisotopic (exact) mass is 411 g/mol. The van der Waals surface area contributed by atoms with E-state index in [1.807, 2.05) is 25.1 Å². The molecule has 5 heteroatoms. The van der Waals surface area contributed by atoms with Crippen LogP contribution >= 0.6 is 31.9 Å². The smallest absolute Gasteiger partial charge is 0.137 e. The van der Waals surface area contributed by atoms with Crippen LogP contribution in [0.4, 0.5) is 4.39 Å². The highest BCUT2D eigenvalue weighted by atomic mass is 79.9. The Balaban J connectivity index is 2.35. The number of hydrogen-bond donors (Lipinski definition) is 2. The lowest BCUT2D eigenvalue weighted by atomic mass is 10.0. The van der Waals surface area contributed by atoms with Crippen LogP contribution in [0.15, 0.2) is 39.3 Å². The minimum Gasteiger partial charge on any atom is -0.507 e. The molecule has 0 aliphatic carbocycles. The number of benzene rings is 2. The topological polar surface area (TPSA) is 36.0 Å². The van der Waals surface area contributed by atoms with Gasteiger partial charge in [-0.3, -0.25) is 0 Å². The summed E-state index contributed by atoms with van der Waals surface area (Å²) in [5, 5.41) is 11.2. The summed E-state index contributed by atoms with van der Waals surface area (Å²) in [7, 11) is 0. The molecule has 2 aromatic carbocycles. The number of phenolic OH excluding ortho intramolecular Hbond substituents is 1. The molecule has 0 unspecified atom stereocenters. The third-order valence-corrected chi connectivity index (χ3v) is 4.46. The molecular formula is C16H12Br2FNO. The number of hydrogen-bond acceptors (Lipinski definition) is 1. The van der Waals surface area contributed by atoms with Gasteiger partial charge in [0.05, 0.1) is 11.3 Å². The number of aromatic hydroxyl groups is 1. The van der Waals surface area contributed by atoms with Gasteiger partial charge in [-0.2, -0.15) is 0 Å². The molecule has 0 spiro atoms. The van der Waals surface area contributed by atoms with Crippen molar-refractivity contribution in [2.45, 2.75) is 13.3 Å². The molecule has 0 saturated carbocycles. The van der Waals surface area contributed by atoms with E-state index in [-0.39, 0.29) is 11.3 Å². The van der Waals surface area contributed by atoms with E-state index in [0.29, 0.717) is 10.2 Å². The van der Waals surface area contributed by atoms with Gasteiger partial charge in [-0.15, -0.1) is 0 Å². The van der Waals surface area contributed by atoms with Crippen LogP contribution in [0.25, 0.3) is 22.2 Å². The van der Waals surface area contributed by atoms with Crippen LogP contribution in [-0.4, -0.2) is 10.1 Å². The number of halogens is 3. The minimum atomic E-state index is -0.456. The first-order valence-corrected chi connectivity index (χ1v) is 8.08. The fourth-order valence-corrected chi connectivity index (χ4v) is 3.39. The minimum absolute atomic E-state index is 0.0813. The van der Waals surface area contributed by atoms with E-state index in [1.165, 1.54) is 12.1 Å². The summed E-state index contributed by atoms with van der Waals surface area (Å²) >= 11 is 6.64. The second-order valence-corrected chi connectivity index (χ2v) is 6.64. The van der Waals surface area contributed by atoms with Crippen molar-refractivity contribution in [1.29, 1.82) is 0 Å². The van der Waals surface area contributed by atoms with Crippen LogP contribution in [0.3, 0.4) is 0 Å². The van der Waals surface area contributed by atoms with E-state index in [0.717, 1.165) is 27.4 Å². The van der Waals surface area contributed by atoms with Crippen molar-refractivity contribution in [2.75, 3.05) is 0 Å². The summed E-state index contributed by atoms with van der Waals surface area (Å²) in [6.45, 7) is 2.01. The predicted molar refractivity (Wildman–Crippen MR) is 90.1 cm³/mol. The van der Waals surface area contributed by atoms with Gasteiger partial charge in [0, 0.05) is 19.8 Å². The number of nitrogens with one attached hydrogen (secondary N) is 1. The standard InChI is InChI=1S/C16H12Br2FNO/c1-2-10-11-5-8(17)3-4-13(11)20-16(10)15-12(19)6-9(18)7-14(15)21/h3-7,20-21H,2H2,1H3. The SMILES string of the molecule is CCc1c(-c2c(O)cc(Br)cc2F)[nH]c2ccc(Br)cc12. The molecule has 3 aromatic rings. The number of phenols is 1. The van der Waals surface area contributed by atoms with Gasteiger partial charge in [-0.1, -0.05) is 38.8 Å². The van der Waals surface area contributed by atoms with Gasteiger partial charge in [-0.25, -0.2) is 4.39 Å². The summed E-state index contributed by atoms with van der Waals surface area (Å²) in [5.41, 5.74) is 2.75. The van der Waals surface area contributed by atoms with Gasteiger partial charge < -0.3 is 10.1 Å². The maximum absolute atomic E-state index is 14.3. The quantitative estimate of drug-likeness (QED) is 0.550. The molecule has 0 aliphatic heterocycles. The number of rotatable bonds is 2. The summed E-state index contributed by atoms with van der Waals surface area (Å²) in [5.74, 6) is -0.538. The molecule has 2 nitrogen and oxygen atoms in total. The van der Waals surface area contributed by atoms with Crippen molar-refractivity contribution in [1.82, 2.24) is 4.98 Å². The molecule has 0 radical (unpaired) electrons. The average molecular weight is 413 g/mol. The lowest BCUT2D eigenvalue weighted by Crippen LogP contribution is -1.90. The van der Waals surface area contributed by atoms with Crippen molar-refractivity contribution >= 4 is 42.8 Å². The largest absolute Gasteiger partial charge is 0.507 e. The first-order valence-electron chi connectivity index (χ1n) is 6.49. The van der Waals surface area contributed by atoms with Crippen molar-refractivity contribution in [2.24, 2.45) is 0 Å². The number of aromatic amines is 1. The Morgan fingerprint density at radius 1 is 1.14 bits per heavy atom. The van der Waals surface area contributed by atoms with Crippen molar-refractivity contribution in [3.05, 3.63) is 50.7 Å². The van der Waals surface area contributed by atoms with Crippen molar-refractivity contribution < 1.29 is 9.50 Å². The molecule has 0 bridgehead atoms. The molecule has 0 saturated heterocycles. The van der Waals surface area contributed by atoms with Crippen molar-refractivity contribution in [3.8, 4) is 17.0 Å². The van der Waals surface area contributed by atoms with Crippen LogP contribution in [0, 0.1) is 5.82 Å². The van der Waals surface area contributed by atoms with Crippen LogP contribution in [-0.2, 0) is 6.42 Å². The van der Waals surface area contributed by atoms with Crippen LogP contribution in [0.2, 0.25) is 0 Å². The second kappa shape index (κ2) is 5.46. The van der Waals surface area contributed by atoms with Crippen LogP contribution in [0.5, 0.6) is 5.75 Å². The molecule has 2 N–H and O–H groups in total. The molecule has 0 aliphatic rings. The number of fused-ring (bicyclic) bond motifs is 1. The summed E-state index contributed by atoms with van der Waals surface area (Å²) < 4.78 is 15.8. The van der Waals surface area contributed by atoms with Crippen LogP contribution in [0.1, 0.15) is 12.5 Å². The van der Waals surface area contributed by atoms with E-state index < -0.39 is 5.82 Å². The number of aromatic nitrogens is 1. The maximum Gasteiger partial charge on any atom is 0.137 e. The fourth-order valence-electron chi connectivity index (χ4n) is 2.61. The van der Waals surface area contributed by atoms with Crippen LogP contribution < -0.4 is 0 Å². The fraction of sp³-hybridized carbons (Fsp3) is 0.125. The zero-order valence-corrected chi connectivity index (χ0v) is 14.3. The Hall–Kier alpha value is -1.33. The first-order chi connectivity index (χ1) is 10.0. The highest BCUT2D eigenvalue weighted by Gasteiger charge is 2.19. The normalized spacial score (nSPS) is 11.2. The Morgan fingerprint density at radius 2 is 1.90 bits per heavy atom. The molecule has 1 aromatic heterocycles. The van der Waals surface area contributed by atoms with E-state index in [2.05, 4.69) is 36.8 Å². The predicted octanol–water partition coefficient (Wildman–Crippen LogP) is 5.77. The highest BCUT2D eigenvalue weighted by molar-refractivity contribution is 9.10. The highest BCUT2D eigenvalue weighted by Crippen LogP contribution is 2.39. The molecule has 0 atom stereocenters. The maximum atomic E-state index is 14.3. The zero-order chi connectivity index (χ0) is 15.1. The summed E-state index contributed by atoms with van der Waals surface area (Å²) in [6.07, 6.45) is 0.737. The Kier molecular flexibility index (Phi) is 3.80. The molecule has 0 fully saturated rings. The molecule has 21 heavy (non-hydrogen) atoms. The van der Waals surface area contributed by atoms with E-state index >= 15 is 0 Å². The first kappa shape index (κ1) is 14.6. The molecule has 3 rings (SSSR count). The van der Waals surface area contributed by atoms with E-state index in [1.54, 1.807) is 0 Å². The Labute approximate surface area is 138 Å². The number of H-pyrrole nitrogens is 1. The van der Waals surface area contributed by atoms with Gasteiger partial charge in [-0.05, 0) is 42.3 Å². The third kappa shape index (κ3) is 2.49.